The normalized spacial score (nSPS) is 10.6. The van der Waals surface area contributed by atoms with Crippen LogP contribution in [-0.4, -0.2) is 52.5 Å². The molecule has 16 heavy (non-hydrogen) atoms. The monoisotopic (exact) mass is 253 g/mol. The van der Waals surface area contributed by atoms with Gasteiger partial charge in [-0.25, -0.2) is 0 Å². The number of rotatable bonds is 12. The third-order valence-electron chi connectivity index (χ3n) is 1.59. The van der Waals surface area contributed by atoms with Gasteiger partial charge in [0.25, 0.3) is 0 Å². The van der Waals surface area contributed by atoms with Crippen LogP contribution in [0.4, 0.5) is 0 Å². The molecule has 0 aromatic rings. The zero-order valence-corrected chi connectivity index (χ0v) is 10.4. The quantitative estimate of drug-likeness (QED) is 0.254. The first-order chi connectivity index (χ1) is 7.81. The van der Waals surface area contributed by atoms with Crippen LogP contribution >= 0.6 is 8.25 Å². The summed E-state index contributed by atoms with van der Waals surface area (Å²) in [7, 11) is -2.01. The number of hydrogen-bond acceptors (Lipinski definition) is 7. The van der Waals surface area contributed by atoms with Crippen molar-refractivity contribution in [3.05, 3.63) is 0 Å². The second-order valence-corrected chi connectivity index (χ2v) is 3.93. The Morgan fingerprint density at radius 1 is 0.875 bits per heavy atom. The first-order valence-electron chi connectivity index (χ1n) is 5.36. The maximum Gasteiger partial charge on any atom is 0.697 e. The van der Waals surface area contributed by atoms with Gasteiger partial charge in [0.05, 0.1) is 0 Å². The molecule has 0 saturated heterocycles. The van der Waals surface area contributed by atoms with E-state index in [4.69, 9.17) is 20.5 Å². The summed E-state index contributed by atoms with van der Waals surface area (Å²) in [5, 5.41) is 6.03. The van der Waals surface area contributed by atoms with Gasteiger partial charge in [-0.1, -0.05) is 0 Å². The number of hydrogen-bond donors (Lipinski definition) is 4. The Kier molecular flexibility index (Phi) is 12.8. The summed E-state index contributed by atoms with van der Waals surface area (Å²) in [4.78, 5) is 0. The highest BCUT2D eigenvalue weighted by Crippen LogP contribution is 2.22. The molecular weight excluding hydrogens is 231 g/mol. The van der Waals surface area contributed by atoms with Crippen molar-refractivity contribution in [2.45, 2.75) is 0 Å². The summed E-state index contributed by atoms with van der Waals surface area (Å²) in [6.45, 7) is 4.55. The summed E-state index contributed by atoms with van der Waals surface area (Å²) < 4.78 is 21.0. The van der Waals surface area contributed by atoms with E-state index in [0.717, 1.165) is 13.1 Å². The van der Waals surface area contributed by atoms with E-state index in [1.54, 1.807) is 0 Å². The Labute approximate surface area is 97.2 Å². The molecule has 7 nitrogen and oxygen atoms in total. The predicted molar refractivity (Wildman–Crippen MR) is 63.4 cm³/mol. The fourth-order valence-corrected chi connectivity index (χ4v) is 1.43. The minimum atomic E-state index is -2.01. The van der Waals surface area contributed by atoms with Gasteiger partial charge in [-0.05, 0) is 0 Å². The lowest BCUT2D eigenvalue weighted by molar-refractivity contribution is 0.226. The van der Waals surface area contributed by atoms with Gasteiger partial charge < -0.3 is 22.1 Å². The maximum absolute atomic E-state index is 11.1. The van der Waals surface area contributed by atoms with E-state index in [0.29, 0.717) is 39.4 Å². The molecule has 0 fully saturated rings. The lowest BCUT2D eigenvalue weighted by Gasteiger charge is -1.98. The Morgan fingerprint density at radius 2 is 1.31 bits per heavy atom. The van der Waals surface area contributed by atoms with Crippen LogP contribution in [0.3, 0.4) is 0 Å². The summed E-state index contributed by atoms with van der Waals surface area (Å²) in [5.74, 6) is 0. The van der Waals surface area contributed by atoms with E-state index >= 15 is 0 Å². The Balaban J connectivity index is 3.12. The first kappa shape index (κ1) is 15.9. The summed E-state index contributed by atoms with van der Waals surface area (Å²) >= 11 is 0. The molecule has 0 radical (unpaired) electrons. The van der Waals surface area contributed by atoms with Crippen LogP contribution in [0.15, 0.2) is 0 Å². The van der Waals surface area contributed by atoms with Gasteiger partial charge in [0.2, 0.25) is 0 Å². The Bertz CT molecular complexity index is 157. The van der Waals surface area contributed by atoms with Crippen LogP contribution in [0.1, 0.15) is 0 Å². The first-order valence-corrected chi connectivity index (χ1v) is 6.45. The smallest absolute Gasteiger partial charge is 0.329 e. The van der Waals surface area contributed by atoms with Crippen LogP contribution in [0, 0.1) is 0 Å². The zero-order chi connectivity index (χ0) is 12.1. The molecule has 0 aromatic carbocycles. The SMILES string of the molecule is NCCNCCO[P+](=O)OCCNCCN. The highest BCUT2D eigenvalue weighted by atomic mass is 31.1. The third-order valence-corrected chi connectivity index (χ3v) is 2.38. The van der Waals surface area contributed by atoms with Gasteiger partial charge in [-0.15, -0.1) is 9.05 Å². The predicted octanol–water partition coefficient (Wildman–Crippen LogP) is -1.23. The van der Waals surface area contributed by atoms with Crippen LogP contribution < -0.4 is 22.1 Å². The van der Waals surface area contributed by atoms with Crippen molar-refractivity contribution in [1.82, 2.24) is 10.6 Å². The van der Waals surface area contributed by atoms with Gasteiger partial charge in [0, 0.05) is 43.8 Å². The molecule has 0 rings (SSSR count). The minimum Gasteiger partial charge on any atom is -0.329 e. The van der Waals surface area contributed by atoms with E-state index in [9.17, 15) is 4.57 Å². The molecule has 0 saturated carbocycles. The third kappa shape index (κ3) is 11.9. The topological polar surface area (TPSA) is 112 Å². The van der Waals surface area contributed by atoms with Crippen molar-refractivity contribution in [2.24, 2.45) is 11.5 Å². The minimum absolute atomic E-state index is 0.353. The largest absolute Gasteiger partial charge is 0.697 e. The van der Waals surface area contributed by atoms with Crippen LogP contribution in [-0.2, 0) is 13.6 Å². The maximum atomic E-state index is 11.1. The summed E-state index contributed by atoms with van der Waals surface area (Å²) in [6, 6.07) is 0. The lowest BCUT2D eigenvalue weighted by atomic mass is 10.6. The fraction of sp³-hybridized carbons (Fsp3) is 1.00. The second kappa shape index (κ2) is 12.9. The van der Waals surface area contributed by atoms with Crippen molar-refractivity contribution >= 4 is 8.25 Å². The van der Waals surface area contributed by atoms with Gasteiger partial charge in [-0.3, -0.25) is 0 Å². The van der Waals surface area contributed by atoms with E-state index in [1.807, 2.05) is 0 Å². The standard InChI is InChI=1S/C8H22N4O3P/c9-1-3-11-5-7-14-16(13)15-8-6-12-4-2-10/h11-12H,1-10H2/q+1. The van der Waals surface area contributed by atoms with E-state index < -0.39 is 8.25 Å². The lowest BCUT2D eigenvalue weighted by Crippen LogP contribution is -2.26. The molecular formula is C8H22N4O3P+. The molecule has 0 aromatic heterocycles. The van der Waals surface area contributed by atoms with Crippen LogP contribution in [0.25, 0.3) is 0 Å². The van der Waals surface area contributed by atoms with Gasteiger partial charge in [-0.2, -0.15) is 0 Å². The van der Waals surface area contributed by atoms with Crippen molar-refractivity contribution in [1.29, 1.82) is 0 Å². The molecule has 0 heterocycles. The molecule has 8 heteroatoms. The fourth-order valence-electron chi connectivity index (χ4n) is 0.876. The van der Waals surface area contributed by atoms with Crippen molar-refractivity contribution in [3.63, 3.8) is 0 Å². The molecule has 0 aliphatic carbocycles. The van der Waals surface area contributed by atoms with Gasteiger partial charge in [0.1, 0.15) is 13.2 Å². The molecule has 96 valence electrons. The van der Waals surface area contributed by atoms with Gasteiger partial charge in [0.15, 0.2) is 0 Å². The molecule has 0 aliphatic heterocycles. The van der Waals surface area contributed by atoms with Crippen molar-refractivity contribution in [2.75, 3.05) is 52.5 Å². The average Bonchev–Trinajstić information content (AvgIpc) is 2.28. The van der Waals surface area contributed by atoms with E-state index in [1.165, 1.54) is 0 Å². The van der Waals surface area contributed by atoms with Crippen molar-refractivity contribution in [3.8, 4) is 0 Å². The highest BCUT2D eigenvalue weighted by Gasteiger charge is 2.18. The molecule has 0 unspecified atom stereocenters. The summed E-state index contributed by atoms with van der Waals surface area (Å²) in [6.07, 6.45) is 0. The van der Waals surface area contributed by atoms with Crippen LogP contribution in [0.5, 0.6) is 0 Å². The average molecular weight is 253 g/mol. The Morgan fingerprint density at radius 3 is 1.69 bits per heavy atom. The molecule has 0 bridgehead atoms. The number of nitrogens with two attached hydrogens (primary N) is 2. The summed E-state index contributed by atoms with van der Waals surface area (Å²) in [5.41, 5.74) is 10.5. The van der Waals surface area contributed by atoms with Crippen molar-refractivity contribution < 1.29 is 13.6 Å². The molecule has 0 aliphatic rings. The molecule has 0 amide bonds. The zero-order valence-electron chi connectivity index (χ0n) is 9.48. The second-order valence-electron chi connectivity index (χ2n) is 2.97. The number of nitrogens with one attached hydrogen (secondary N) is 2. The Hall–Kier alpha value is -0.140. The van der Waals surface area contributed by atoms with Gasteiger partial charge >= 0.3 is 8.25 Å². The van der Waals surface area contributed by atoms with E-state index in [2.05, 4.69) is 10.6 Å². The molecule has 6 N–H and O–H groups in total. The highest BCUT2D eigenvalue weighted by molar-refractivity contribution is 7.33. The molecule has 0 spiro atoms. The molecule has 0 atom stereocenters. The van der Waals surface area contributed by atoms with Crippen LogP contribution in [0.2, 0.25) is 0 Å². The van der Waals surface area contributed by atoms with E-state index in [-0.39, 0.29) is 0 Å².